The van der Waals surface area contributed by atoms with Crippen LogP contribution in [0, 0.1) is 10.1 Å². The van der Waals surface area contributed by atoms with E-state index >= 15 is 0 Å². The van der Waals surface area contributed by atoms with Crippen molar-refractivity contribution in [3.63, 3.8) is 0 Å². The number of esters is 2. The van der Waals surface area contributed by atoms with Crippen molar-refractivity contribution in [1.29, 1.82) is 0 Å². The maximum Gasteiger partial charge on any atom is 0.433 e. The Morgan fingerprint density at radius 2 is 1.97 bits per heavy atom. The van der Waals surface area contributed by atoms with Crippen molar-refractivity contribution in [3.05, 3.63) is 44.0 Å². The van der Waals surface area contributed by atoms with E-state index in [1.54, 1.807) is 13.8 Å². The number of rotatable bonds is 7. The number of anilines is 1. The number of aryl methyl sites for hydroxylation is 1. The smallest absolute Gasteiger partial charge is 0.433 e. The van der Waals surface area contributed by atoms with Gasteiger partial charge in [0.15, 0.2) is 6.61 Å². The fourth-order valence-electron chi connectivity index (χ4n) is 3.04. The Bertz CT molecular complexity index is 991. The number of amides is 1. The Kier molecular flexibility index (Phi) is 6.50. The normalized spacial score (nSPS) is 12.9. The van der Waals surface area contributed by atoms with Crippen LogP contribution in [0.4, 0.5) is 10.9 Å². The van der Waals surface area contributed by atoms with E-state index in [2.05, 4.69) is 5.32 Å². The topological polar surface area (TPSA) is 138 Å². The molecule has 2 heterocycles. The molecule has 2 aromatic heterocycles. The zero-order valence-electron chi connectivity index (χ0n) is 16.4. The van der Waals surface area contributed by atoms with Crippen LogP contribution in [0.3, 0.4) is 0 Å². The Hall–Kier alpha value is -3.21. The van der Waals surface area contributed by atoms with Crippen LogP contribution in [0.15, 0.2) is 16.5 Å². The third kappa shape index (κ3) is 4.85. The summed E-state index contributed by atoms with van der Waals surface area (Å²) in [6.07, 6.45) is 3.21. The molecule has 0 radical (unpaired) electrons. The number of furan rings is 1. The first-order valence-electron chi connectivity index (χ1n) is 9.33. The average molecular weight is 436 g/mol. The average Bonchev–Trinajstić information content (AvgIpc) is 3.30. The van der Waals surface area contributed by atoms with E-state index in [0.717, 1.165) is 48.3 Å². The van der Waals surface area contributed by atoms with Crippen molar-refractivity contribution in [2.24, 2.45) is 0 Å². The summed E-state index contributed by atoms with van der Waals surface area (Å²) in [6.45, 7) is 2.84. The molecule has 11 heteroatoms. The van der Waals surface area contributed by atoms with Crippen LogP contribution in [-0.2, 0) is 27.1 Å². The van der Waals surface area contributed by atoms with Crippen molar-refractivity contribution in [2.75, 3.05) is 11.9 Å². The molecular formula is C19H20N2O8S. The lowest BCUT2D eigenvalue weighted by Gasteiger charge is -2.14. The largest absolute Gasteiger partial charge is 0.459 e. The highest BCUT2D eigenvalue weighted by Crippen LogP contribution is 2.38. The maximum absolute atomic E-state index is 12.6. The van der Waals surface area contributed by atoms with Gasteiger partial charge in [0.05, 0.1) is 17.7 Å². The summed E-state index contributed by atoms with van der Waals surface area (Å²) in [4.78, 5) is 47.6. The minimum Gasteiger partial charge on any atom is -0.459 e. The molecule has 0 saturated carbocycles. The van der Waals surface area contributed by atoms with Gasteiger partial charge in [0.1, 0.15) is 9.92 Å². The molecule has 0 spiro atoms. The molecule has 2 aromatic rings. The van der Waals surface area contributed by atoms with Crippen LogP contribution in [-0.4, -0.2) is 35.5 Å². The highest BCUT2D eigenvalue weighted by Gasteiger charge is 2.28. The van der Waals surface area contributed by atoms with Gasteiger partial charge in [0, 0.05) is 4.88 Å². The molecule has 10 nitrogen and oxygen atoms in total. The molecule has 1 N–H and O–H groups in total. The molecule has 3 rings (SSSR count). The summed E-state index contributed by atoms with van der Waals surface area (Å²) < 4.78 is 14.9. The number of fused-ring (bicyclic) bond motifs is 1. The number of nitrogens with zero attached hydrogens (tertiary/aromatic N) is 1. The summed E-state index contributed by atoms with van der Waals surface area (Å²) in [6, 6.07) is 2.10. The first kappa shape index (κ1) is 21.5. The minimum absolute atomic E-state index is 0.307. The number of nitro groups is 1. The van der Waals surface area contributed by atoms with E-state index in [4.69, 9.17) is 13.9 Å². The van der Waals surface area contributed by atoms with E-state index in [-0.39, 0.29) is 11.9 Å². The van der Waals surface area contributed by atoms with E-state index < -0.39 is 35.3 Å². The maximum atomic E-state index is 12.6. The molecular weight excluding hydrogens is 416 g/mol. The number of carbonyl (C=O) groups is 3. The fraction of sp³-hybridized carbons (Fsp3) is 0.421. The lowest BCUT2D eigenvalue weighted by Crippen LogP contribution is -2.22. The predicted octanol–water partition coefficient (Wildman–Crippen LogP) is 3.49. The standard InChI is InChI=1S/C19H20N2O8S/c1-10(2)28-19(24)16-11-5-3-4-6-13(11)30-17(16)20-14(22)9-27-18(23)12-7-8-15(29-12)21(25)26/h7-8,10H,3-6,9H2,1-2H3,(H,20,22). The number of carbonyl (C=O) groups excluding carboxylic acids is 3. The number of hydrogen-bond acceptors (Lipinski definition) is 9. The van der Waals surface area contributed by atoms with Crippen molar-refractivity contribution >= 4 is 40.1 Å². The molecule has 0 unspecified atom stereocenters. The van der Waals surface area contributed by atoms with Gasteiger partial charge in [-0.25, -0.2) is 9.59 Å². The van der Waals surface area contributed by atoms with E-state index in [1.807, 2.05) is 0 Å². The highest BCUT2D eigenvalue weighted by atomic mass is 32.1. The fourth-order valence-corrected chi connectivity index (χ4v) is 4.34. The molecule has 1 aliphatic rings. The van der Waals surface area contributed by atoms with Crippen LogP contribution >= 0.6 is 11.3 Å². The molecule has 0 saturated heterocycles. The van der Waals surface area contributed by atoms with Gasteiger partial charge in [-0.2, -0.15) is 0 Å². The summed E-state index contributed by atoms with van der Waals surface area (Å²) in [5.74, 6) is -3.16. The van der Waals surface area contributed by atoms with Gasteiger partial charge in [-0.1, -0.05) is 0 Å². The van der Waals surface area contributed by atoms with Gasteiger partial charge >= 0.3 is 17.8 Å². The molecule has 1 amide bonds. The first-order valence-corrected chi connectivity index (χ1v) is 10.1. The minimum atomic E-state index is -1.01. The summed E-state index contributed by atoms with van der Waals surface area (Å²) in [5.41, 5.74) is 1.25. The van der Waals surface area contributed by atoms with Crippen molar-refractivity contribution < 1.29 is 33.2 Å². The summed E-state index contributed by atoms with van der Waals surface area (Å²) in [5, 5.41) is 13.6. The van der Waals surface area contributed by atoms with Gasteiger partial charge in [-0.3, -0.25) is 14.9 Å². The second-order valence-corrected chi connectivity index (χ2v) is 7.99. The zero-order valence-corrected chi connectivity index (χ0v) is 17.2. The quantitative estimate of drug-likeness (QED) is 0.395. The second kappa shape index (κ2) is 9.08. The molecule has 0 aliphatic heterocycles. The lowest BCUT2D eigenvalue weighted by atomic mass is 9.95. The Morgan fingerprint density at radius 1 is 1.23 bits per heavy atom. The third-order valence-corrected chi connectivity index (χ3v) is 5.49. The molecule has 160 valence electrons. The molecule has 0 fully saturated rings. The first-order chi connectivity index (χ1) is 14.3. The Labute approximate surface area is 175 Å². The van der Waals surface area contributed by atoms with E-state index in [0.29, 0.717) is 10.6 Å². The number of ether oxygens (including phenoxy) is 2. The van der Waals surface area contributed by atoms with Gasteiger partial charge < -0.3 is 19.2 Å². The van der Waals surface area contributed by atoms with Crippen LogP contribution in [0.25, 0.3) is 0 Å². The summed E-state index contributed by atoms with van der Waals surface area (Å²) in [7, 11) is 0. The van der Waals surface area contributed by atoms with Gasteiger partial charge in [0.25, 0.3) is 5.91 Å². The van der Waals surface area contributed by atoms with Crippen LogP contribution in [0.1, 0.15) is 58.0 Å². The molecule has 1 aliphatic carbocycles. The second-order valence-electron chi connectivity index (χ2n) is 6.89. The predicted molar refractivity (Wildman–Crippen MR) is 106 cm³/mol. The van der Waals surface area contributed by atoms with Crippen molar-refractivity contribution in [2.45, 2.75) is 45.6 Å². The number of thiophene rings is 1. The van der Waals surface area contributed by atoms with Gasteiger partial charge in [-0.05, 0) is 51.2 Å². The lowest BCUT2D eigenvalue weighted by molar-refractivity contribution is -0.402. The third-order valence-electron chi connectivity index (χ3n) is 4.28. The van der Waals surface area contributed by atoms with Gasteiger partial charge in [-0.15, -0.1) is 11.3 Å². The van der Waals surface area contributed by atoms with Crippen LogP contribution in [0.5, 0.6) is 0 Å². The van der Waals surface area contributed by atoms with Crippen molar-refractivity contribution in [3.8, 4) is 0 Å². The van der Waals surface area contributed by atoms with Gasteiger partial charge in [0.2, 0.25) is 5.76 Å². The molecule has 0 atom stereocenters. The summed E-state index contributed by atoms with van der Waals surface area (Å²) >= 11 is 1.32. The monoisotopic (exact) mass is 436 g/mol. The zero-order chi connectivity index (χ0) is 21.8. The molecule has 0 bridgehead atoms. The highest BCUT2D eigenvalue weighted by molar-refractivity contribution is 7.17. The Morgan fingerprint density at radius 3 is 2.63 bits per heavy atom. The molecule has 30 heavy (non-hydrogen) atoms. The Balaban J connectivity index is 1.68. The number of nitrogens with one attached hydrogen (secondary N) is 1. The number of hydrogen-bond donors (Lipinski definition) is 1. The van der Waals surface area contributed by atoms with Crippen LogP contribution < -0.4 is 5.32 Å². The van der Waals surface area contributed by atoms with E-state index in [1.165, 1.54) is 11.3 Å². The molecule has 0 aromatic carbocycles. The van der Waals surface area contributed by atoms with Crippen molar-refractivity contribution in [1.82, 2.24) is 0 Å². The van der Waals surface area contributed by atoms with Crippen LogP contribution in [0.2, 0.25) is 0 Å². The van der Waals surface area contributed by atoms with E-state index in [9.17, 15) is 24.5 Å². The SMILES string of the molecule is CC(C)OC(=O)c1c(NC(=O)COC(=O)c2ccc([N+](=O)[O-])o2)sc2c1CCCC2.